The van der Waals surface area contributed by atoms with Gasteiger partial charge in [-0.3, -0.25) is 9.69 Å². The Balaban J connectivity index is 1.35. The second kappa shape index (κ2) is 14.7. The SMILES string of the molecule is COc1cc(OC)c2c(c1)O[C@H](c1cc(OC)c(OC)c(OC)c1)[C@H](OC(=O)C1CCN(Cc3ccc(OC)c(OC)c3)CC1)C2. The van der Waals surface area contributed by atoms with Gasteiger partial charge in [-0.1, -0.05) is 6.07 Å². The number of rotatable bonds is 12. The Morgan fingerprint density at radius 3 is 1.98 bits per heavy atom. The summed E-state index contributed by atoms with van der Waals surface area (Å²) in [5, 5.41) is 0. The molecule has 0 radical (unpaired) electrons. The molecule has 3 aromatic rings. The zero-order valence-corrected chi connectivity index (χ0v) is 27.5. The summed E-state index contributed by atoms with van der Waals surface area (Å²) in [4.78, 5) is 16.1. The third kappa shape index (κ3) is 6.84. The van der Waals surface area contributed by atoms with E-state index in [0.29, 0.717) is 70.8 Å². The number of carbonyl (C=O) groups excluding carboxylic acids is 1. The van der Waals surface area contributed by atoms with Crippen molar-refractivity contribution in [2.45, 2.75) is 38.0 Å². The number of nitrogens with zero attached hydrogens (tertiary/aromatic N) is 1. The van der Waals surface area contributed by atoms with E-state index < -0.39 is 12.2 Å². The van der Waals surface area contributed by atoms with Crippen molar-refractivity contribution in [3.63, 3.8) is 0 Å². The molecule has 46 heavy (non-hydrogen) atoms. The number of likely N-dealkylation sites (tertiary alicyclic amines) is 1. The van der Waals surface area contributed by atoms with E-state index in [4.69, 9.17) is 42.6 Å². The molecule has 0 aromatic heterocycles. The van der Waals surface area contributed by atoms with E-state index in [9.17, 15) is 4.79 Å². The molecule has 1 saturated heterocycles. The van der Waals surface area contributed by atoms with E-state index in [-0.39, 0.29) is 11.9 Å². The lowest BCUT2D eigenvalue weighted by atomic mass is 9.92. The van der Waals surface area contributed by atoms with Gasteiger partial charge in [0.1, 0.15) is 23.4 Å². The van der Waals surface area contributed by atoms with E-state index in [1.165, 1.54) is 0 Å². The van der Waals surface area contributed by atoms with Gasteiger partial charge in [0.15, 0.2) is 29.1 Å². The van der Waals surface area contributed by atoms with Gasteiger partial charge in [-0.25, -0.2) is 0 Å². The molecule has 2 heterocycles. The van der Waals surface area contributed by atoms with Crippen molar-refractivity contribution in [1.29, 1.82) is 0 Å². The lowest BCUT2D eigenvalue weighted by molar-refractivity contribution is -0.162. The van der Waals surface area contributed by atoms with Crippen LogP contribution in [-0.4, -0.2) is 79.8 Å². The molecule has 0 unspecified atom stereocenters. The summed E-state index contributed by atoms with van der Waals surface area (Å²) in [6.45, 7) is 2.28. The van der Waals surface area contributed by atoms with Crippen LogP contribution in [0.1, 0.15) is 35.6 Å². The zero-order valence-electron chi connectivity index (χ0n) is 27.5. The van der Waals surface area contributed by atoms with Crippen LogP contribution in [0.15, 0.2) is 42.5 Å². The Morgan fingerprint density at radius 1 is 0.739 bits per heavy atom. The molecule has 2 aliphatic heterocycles. The number of fused-ring (bicyclic) bond motifs is 1. The van der Waals surface area contributed by atoms with Crippen molar-refractivity contribution < 1.29 is 47.4 Å². The number of methoxy groups -OCH3 is 7. The van der Waals surface area contributed by atoms with Crippen molar-refractivity contribution in [1.82, 2.24) is 4.90 Å². The first-order valence-electron chi connectivity index (χ1n) is 15.2. The van der Waals surface area contributed by atoms with Crippen LogP contribution in [0.25, 0.3) is 0 Å². The first-order valence-corrected chi connectivity index (χ1v) is 15.2. The van der Waals surface area contributed by atoms with Gasteiger partial charge >= 0.3 is 5.97 Å². The predicted molar refractivity (Wildman–Crippen MR) is 170 cm³/mol. The largest absolute Gasteiger partial charge is 0.496 e. The Hall–Kier alpha value is -4.51. The van der Waals surface area contributed by atoms with Crippen LogP contribution in [0.3, 0.4) is 0 Å². The van der Waals surface area contributed by atoms with Gasteiger partial charge in [-0.15, -0.1) is 0 Å². The molecule has 0 spiro atoms. The van der Waals surface area contributed by atoms with Crippen LogP contribution in [0.5, 0.6) is 46.0 Å². The van der Waals surface area contributed by atoms with Gasteiger partial charge in [-0.2, -0.15) is 0 Å². The minimum atomic E-state index is -0.660. The van der Waals surface area contributed by atoms with E-state index in [1.807, 2.05) is 36.4 Å². The fourth-order valence-corrected chi connectivity index (χ4v) is 6.18. The molecule has 2 aliphatic rings. The minimum absolute atomic E-state index is 0.235. The highest BCUT2D eigenvalue weighted by atomic mass is 16.6. The number of carbonyl (C=O) groups is 1. The van der Waals surface area contributed by atoms with Gasteiger partial charge in [-0.05, 0) is 55.8 Å². The number of benzene rings is 3. The normalized spacial score (nSPS) is 18.1. The predicted octanol–water partition coefficient (Wildman–Crippen LogP) is 5.25. The van der Waals surface area contributed by atoms with Gasteiger partial charge in [0.05, 0.1) is 55.7 Å². The van der Waals surface area contributed by atoms with Crippen molar-refractivity contribution in [2.24, 2.45) is 5.92 Å². The summed E-state index contributed by atoms with van der Waals surface area (Å²) < 4.78 is 51.6. The third-order valence-electron chi connectivity index (χ3n) is 8.65. The van der Waals surface area contributed by atoms with Crippen LogP contribution in [0.2, 0.25) is 0 Å². The second-order valence-corrected chi connectivity index (χ2v) is 11.2. The number of piperidine rings is 1. The van der Waals surface area contributed by atoms with Gasteiger partial charge in [0.25, 0.3) is 0 Å². The Bertz CT molecular complexity index is 1490. The highest BCUT2D eigenvalue weighted by Gasteiger charge is 2.39. The van der Waals surface area contributed by atoms with Crippen LogP contribution in [0.4, 0.5) is 0 Å². The van der Waals surface area contributed by atoms with E-state index in [0.717, 1.165) is 30.8 Å². The number of hydrogen-bond donors (Lipinski definition) is 0. The third-order valence-corrected chi connectivity index (χ3v) is 8.65. The first kappa shape index (κ1) is 32.9. The van der Waals surface area contributed by atoms with Crippen LogP contribution >= 0.6 is 0 Å². The van der Waals surface area contributed by atoms with Crippen molar-refractivity contribution >= 4 is 5.97 Å². The minimum Gasteiger partial charge on any atom is -0.496 e. The molecule has 11 nitrogen and oxygen atoms in total. The Morgan fingerprint density at radius 2 is 1.39 bits per heavy atom. The molecule has 3 aromatic carbocycles. The fourth-order valence-electron chi connectivity index (χ4n) is 6.18. The highest BCUT2D eigenvalue weighted by molar-refractivity contribution is 5.73. The number of esters is 1. The molecule has 5 rings (SSSR count). The average molecular weight is 638 g/mol. The summed E-state index contributed by atoms with van der Waals surface area (Å²) in [6, 6.07) is 13.2. The monoisotopic (exact) mass is 637 g/mol. The summed E-state index contributed by atoms with van der Waals surface area (Å²) in [6.07, 6.45) is 0.451. The molecule has 0 bridgehead atoms. The molecular weight excluding hydrogens is 594 g/mol. The van der Waals surface area contributed by atoms with Crippen LogP contribution in [0, 0.1) is 5.92 Å². The summed E-state index contributed by atoms with van der Waals surface area (Å²) in [5.74, 6) is 4.11. The summed E-state index contributed by atoms with van der Waals surface area (Å²) >= 11 is 0. The van der Waals surface area contributed by atoms with Crippen molar-refractivity contribution in [3.05, 3.63) is 59.2 Å². The topological polar surface area (TPSA) is 103 Å². The maximum Gasteiger partial charge on any atom is 0.309 e. The van der Waals surface area contributed by atoms with Gasteiger partial charge in [0, 0.05) is 36.2 Å². The lowest BCUT2D eigenvalue weighted by Crippen LogP contribution is -2.40. The standard InChI is InChI=1S/C35H43NO10/c1-38-24-17-27(40-3)25-19-32(33(45-28(25)18-24)23-15-30(42-5)34(44-7)31(16-23)43-6)46-35(37)22-10-12-36(13-11-22)20-21-8-9-26(39-2)29(14-21)41-4/h8-9,14-18,22,32-33H,10-13,19-20H2,1-7H3/t32-,33-/m1/s1. The maximum absolute atomic E-state index is 13.7. The molecular formula is C35H43NO10. The molecule has 0 aliphatic carbocycles. The Labute approximate surface area is 270 Å². The lowest BCUT2D eigenvalue weighted by Gasteiger charge is -2.36. The average Bonchev–Trinajstić information content (AvgIpc) is 3.10. The number of ether oxygens (including phenoxy) is 9. The molecule has 248 valence electrons. The smallest absolute Gasteiger partial charge is 0.309 e. The fraction of sp³-hybridized carbons (Fsp3) is 0.457. The second-order valence-electron chi connectivity index (χ2n) is 11.2. The van der Waals surface area contributed by atoms with Crippen molar-refractivity contribution in [3.8, 4) is 46.0 Å². The molecule has 0 amide bonds. The van der Waals surface area contributed by atoms with E-state index >= 15 is 0 Å². The van der Waals surface area contributed by atoms with Gasteiger partial charge < -0.3 is 42.6 Å². The molecule has 11 heteroatoms. The molecule has 0 N–H and O–H groups in total. The first-order chi connectivity index (χ1) is 22.3. The summed E-state index contributed by atoms with van der Waals surface area (Å²) in [7, 11) is 11.1. The maximum atomic E-state index is 13.7. The van der Waals surface area contributed by atoms with Crippen LogP contribution < -0.4 is 37.9 Å². The molecule has 0 saturated carbocycles. The highest BCUT2D eigenvalue weighted by Crippen LogP contribution is 2.47. The van der Waals surface area contributed by atoms with E-state index in [1.54, 1.807) is 55.8 Å². The quantitative estimate of drug-likeness (QED) is 0.244. The molecule has 2 atom stereocenters. The summed E-state index contributed by atoms with van der Waals surface area (Å²) in [5.41, 5.74) is 2.63. The zero-order chi connectivity index (χ0) is 32.8. The van der Waals surface area contributed by atoms with Crippen molar-refractivity contribution in [2.75, 3.05) is 62.9 Å². The number of hydrogen-bond acceptors (Lipinski definition) is 11. The van der Waals surface area contributed by atoms with E-state index in [2.05, 4.69) is 4.90 Å². The molecule has 1 fully saturated rings. The Kier molecular flexibility index (Phi) is 10.5. The van der Waals surface area contributed by atoms with Crippen LogP contribution in [-0.2, 0) is 22.5 Å². The van der Waals surface area contributed by atoms with Gasteiger partial charge in [0.2, 0.25) is 5.75 Å².